The summed E-state index contributed by atoms with van der Waals surface area (Å²) >= 11 is 3.25. The van der Waals surface area contributed by atoms with Crippen molar-refractivity contribution in [1.29, 1.82) is 0 Å². The first kappa shape index (κ1) is 28.9. The maximum atomic E-state index is 11.7. The summed E-state index contributed by atoms with van der Waals surface area (Å²) in [5.74, 6) is 0. The van der Waals surface area contributed by atoms with Crippen LogP contribution in [-0.2, 0) is 41.8 Å². The second-order valence-electron chi connectivity index (χ2n) is 9.19. The van der Waals surface area contributed by atoms with Gasteiger partial charge in [-0.1, -0.05) is 19.9 Å². The fourth-order valence-electron chi connectivity index (χ4n) is 3.27. The molecule has 34 heavy (non-hydrogen) atoms. The van der Waals surface area contributed by atoms with Crippen molar-refractivity contribution in [2.75, 3.05) is 12.5 Å². The summed E-state index contributed by atoms with van der Waals surface area (Å²) in [7, 11) is -7.05. The largest absolute Gasteiger partial charge is 0.496 e. The van der Waals surface area contributed by atoms with Gasteiger partial charge in [-0.25, -0.2) is 26.8 Å². The fraction of sp³-hybridized carbons (Fsp3) is 0.545. The molecule has 0 aromatic carbocycles. The van der Waals surface area contributed by atoms with Crippen molar-refractivity contribution in [1.82, 2.24) is 9.97 Å². The van der Waals surface area contributed by atoms with E-state index in [1.165, 1.54) is 24.9 Å². The molecule has 2 aromatic heterocycles. The van der Waals surface area contributed by atoms with E-state index in [1.54, 1.807) is 6.07 Å². The lowest BCUT2D eigenvalue weighted by Crippen LogP contribution is -2.41. The molecule has 0 radical (unpaired) electrons. The molecular weight excluding hydrogens is 543 g/mol. The van der Waals surface area contributed by atoms with E-state index < -0.39 is 38.0 Å². The average molecular weight is 575 g/mol. The average Bonchev–Trinajstić information content (AvgIpc) is 2.93. The standard InChI is InChI=1S/C14H22BNO4S.C8H10BrNO2S/c1-7-10-8-11(9-16-12(10)21(6,17)18)15-19-13(2,3)14(4,5)20-15;1-3-6-4-7(9)5-10-8(6)13(2,11)12/h8-9H,7H2,1-6H3;4-5H,3H2,1-2H3. The summed E-state index contributed by atoms with van der Waals surface area (Å²) in [5.41, 5.74) is 1.32. The first-order valence-electron chi connectivity index (χ1n) is 10.8. The summed E-state index contributed by atoms with van der Waals surface area (Å²) < 4.78 is 58.7. The van der Waals surface area contributed by atoms with Crippen molar-refractivity contribution >= 4 is 48.2 Å². The van der Waals surface area contributed by atoms with Gasteiger partial charge in [0.1, 0.15) is 0 Å². The summed E-state index contributed by atoms with van der Waals surface area (Å²) in [6.45, 7) is 11.7. The zero-order chi connectivity index (χ0) is 26.1. The van der Waals surface area contributed by atoms with Gasteiger partial charge in [0, 0.05) is 34.8 Å². The smallest absolute Gasteiger partial charge is 0.399 e. The van der Waals surface area contributed by atoms with Crippen LogP contribution in [0, 0.1) is 0 Å². The van der Waals surface area contributed by atoms with E-state index in [0.29, 0.717) is 18.4 Å². The van der Waals surface area contributed by atoms with Crippen LogP contribution < -0.4 is 5.46 Å². The molecule has 12 heteroatoms. The van der Waals surface area contributed by atoms with Crippen LogP contribution in [0.15, 0.2) is 39.1 Å². The van der Waals surface area contributed by atoms with Crippen LogP contribution in [-0.4, -0.2) is 57.6 Å². The van der Waals surface area contributed by atoms with Gasteiger partial charge in [-0.3, -0.25) is 0 Å². The lowest BCUT2D eigenvalue weighted by atomic mass is 9.79. The fourth-order valence-corrected chi connectivity index (χ4v) is 5.49. The van der Waals surface area contributed by atoms with E-state index in [4.69, 9.17) is 9.31 Å². The van der Waals surface area contributed by atoms with E-state index in [9.17, 15) is 16.8 Å². The monoisotopic (exact) mass is 574 g/mol. The molecule has 0 saturated carbocycles. The van der Waals surface area contributed by atoms with Gasteiger partial charge in [-0.05, 0) is 73.7 Å². The topological polar surface area (TPSA) is 113 Å². The Labute approximate surface area is 212 Å². The Kier molecular flexibility index (Phi) is 8.79. The van der Waals surface area contributed by atoms with Crippen molar-refractivity contribution in [2.45, 2.75) is 75.6 Å². The minimum atomic E-state index is -3.32. The number of nitrogens with zero attached hydrogens (tertiary/aromatic N) is 2. The van der Waals surface area contributed by atoms with Crippen LogP contribution >= 0.6 is 15.9 Å². The van der Waals surface area contributed by atoms with Crippen LogP contribution in [0.25, 0.3) is 0 Å². The molecule has 0 unspecified atom stereocenters. The summed E-state index contributed by atoms with van der Waals surface area (Å²) in [6.07, 6.45) is 6.61. The van der Waals surface area contributed by atoms with Gasteiger partial charge in [0.2, 0.25) is 0 Å². The Hall–Kier alpha value is -1.34. The molecule has 0 spiro atoms. The Morgan fingerprint density at radius 2 is 1.24 bits per heavy atom. The van der Waals surface area contributed by atoms with Crippen LogP contribution in [0.2, 0.25) is 0 Å². The number of aromatic nitrogens is 2. The highest BCUT2D eigenvalue weighted by Crippen LogP contribution is 2.36. The zero-order valence-electron chi connectivity index (χ0n) is 20.8. The molecule has 1 aliphatic rings. The van der Waals surface area contributed by atoms with Gasteiger partial charge in [0.05, 0.1) is 11.2 Å². The normalized spacial score (nSPS) is 17.3. The molecule has 8 nitrogen and oxygen atoms in total. The van der Waals surface area contributed by atoms with Crippen LogP contribution in [0.1, 0.15) is 52.7 Å². The first-order chi connectivity index (χ1) is 15.4. The van der Waals surface area contributed by atoms with Gasteiger partial charge < -0.3 is 9.31 Å². The van der Waals surface area contributed by atoms with Gasteiger partial charge in [-0.2, -0.15) is 0 Å². The highest BCUT2D eigenvalue weighted by atomic mass is 79.9. The second kappa shape index (κ2) is 10.3. The molecule has 2 aromatic rings. The molecule has 0 atom stereocenters. The molecule has 0 N–H and O–H groups in total. The van der Waals surface area contributed by atoms with Crippen LogP contribution in [0.4, 0.5) is 0 Å². The maximum Gasteiger partial charge on any atom is 0.496 e. The number of halogens is 1. The zero-order valence-corrected chi connectivity index (χ0v) is 24.1. The molecule has 1 fully saturated rings. The molecule has 0 aliphatic carbocycles. The van der Waals surface area contributed by atoms with Gasteiger partial charge in [0.25, 0.3) is 0 Å². The van der Waals surface area contributed by atoms with Crippen molar-refractivity contribution in [3.8, 4) is 0 Å². The molecule has 1 aliphatic heterocycles. The van der Waals surface area contributed by atoms with Gasteiger partial charge in [0.15, 0.2) is 29.7 Å². The van der Waals surface area contributed by atoms with Crippen molar-refractivity contribution in [3.63, 3.8) is 0 Å². The van der Waals surface area contributed by atoms with Crippen molar-refractivity contribution in [2.24, 2.45) is 0 Å². The van der Waals surface area contributed by atoms with E-state index >= 15 is 0 Å². The quantitative estimate of drug-likeness (QED) is 0.500. The molecule has 3 heterocycles. The molecule has 1 saturated heterocycles. The Morgan fingerprint density at radius 1 is 0.824 bits per heavy atom. The molecule has 188 valence electrons. The van der Waals surface area contributed by atoms with Gasteiger partial charge >= 0.3 is 7.12 Å². The van der Waals surface area contributed by atoms with Crippen molar-refractivity contribution < 1.29 is 26.1 Å². The lowest BCUT2D eigenvalue weighted by molar-refractivity contribution is 0.00578. The Balaban J connectivity index is 0.000000270. The number of pyridine rings is 2. The van der Waals surface area contributed by atoms with Crippen LogP contribution in [0.3, 0.4) is 0 Å². The maximum absolute atomic E-state index is 11.7. The number of hydrogen-bond donors (Lipinski definition) is 0. The predicted molar refractivity (Wildman–Crippen MR) is 137 cm³/mol. The molecule has 0 bridgehead atoms. The van der Waals surface area contributed by atoms with Crippen molar-refractivity contribution in [3.05, 3.63) is 40.1 Å². The number of sulfone groups is 2. The van der Waals surface area contributed by atoms with Gasteiger partial charge in [-0.15, -0.1) is 0 Å². The molecule has 3 rings (SSSR count). The van der Waals surface area contributed by atoms with E-state index in [-0.39, 0.29) is 10.1 Å². The summed E-state index contributed by atoms with van der Waals surface area (Å²) in [6, 6.07) is 3.59. The predicted octanol–water partition coefficient (Wildman–Crippen LogP) is 3.16. The number of hydrogen-bond acceptors (Lipinski definition) is 8. The van der Waals surface area contributed by atoms with E-state index in [0.717, 1.165) is 15.5 Å². The Morgan fingerprint density at radius 3 is 1.65 bits per heavy atom. The number of rotatable bonds is 5. The minimum Gasteiger partial charge on any atom is -0.399 e. The highest BCUT2D eigenvalue weighted by Gasteiger charge is 2.51. The second-order valence-corrected chi connectivity index (χ2v) is 14.0. The van der Waals surface area contributed by atoms with E-state index in [1.807, 2.05) is 47.6 Å². The molecule has 0 amide bonds. The number of aryl methyl sites for hydroxylation is 2. The molecular formula is C22H32BBrN2O6S2. The third kappa shape index (κ3) is 6.66. The Bertz CT molecular complexity index is 1250. The SMILES string of the molecule is CCc1cc(B2OC(C)(C)C(C)(C)O2)cnc1S(C)(=O)=O.CCc1cc(Br)cnc1S(C)(=O)=O. The third-order valence-electron chi connectivity index (χ3n) is 5.83. The highest BCUT2D eigenvalue weighted by molar-refractivity contribution is 9.10. The summed E-state index contributed by atoms with van der Waals surface area (Å²) in [4.78, 5) is 8.00. The van der Waals surface area contributed by atoms with Crippen LogP contribution in [0.5, 0.6) is 0 Å². The van der Waals surface area contributed by atoms with E-state index in [2.05, 4.69) is 25.9 Å². The minimum absolute atomic E-state index is 0.130. The summed E-state index contributed by atoms with van der Waals surface area (Å²) in [5, 5.41) is 0.309. The lowest BCUT2D eigenvalue weighted by Gasteiger charge is -2.32. The third-order valence-corrected chi connectivity index (χ3v) is 8.40. The first-order valence-corrected chi connectivity index (χ1v) is 15.4.